The van der Waals surface area contributed by atoms with Crippen molar-refractivity contribution in [2.75, 3.05) is 52.6 Å². The normalized spacial score (nSPS) is 25.7. The van der Waals surface area contributed by atoms with Gasteiger partial charge in [0.05, 0.1) is 13.2 Å². The third kappa shape index (κ3) is 4.58. The maximum absolute atomic E-state index is 12.6. The summed E-state index contributed by atoms with van der Waals surface area (Å²) < 4.78 is 10.7. The molecule has 1 aliphatic carbocycles. The molecule has 0 aromatic carbocycles. The van der Waals surface area contributed by atoms with Crippen LogP contribution >= 0.6 is 0 Å². The van der Waals surface area contributed by atoms with E-state index in [4.69, 9.17) is 9.47 Å². The minimum atomic E-state index is 0.110. The maximum Gasteiger partial charge on any atom is 0.248 e. The van der Waals surface area contributed by atoms with Gasteiger partial charge in [-0.25, -0.2) is 0 Å². The molecule has 2 amide bonds. The van der Waals surface area contributed by atoms with Crippen LogP contribution in [0.1, 0.15) is 51.9 Å². The number of carbonyl (C=O) groups excluding carboxylic acids is 2. The first-order chi connectivity index (χ1) is 12.6. The highest BCUT2D eigenvalue weighted by Crippen LogP contribution is 2.49. The molecule has 26 heavy (non-hydrogen) atoms. The second-order valence-electron chi connectivity index (χ2n) is 8.06. The number of rotatable bonds is 6. The summed E-state index contributed by atoms with van der Waals surface area (Å²) in [5.41, 5.74) is 0.228. The Morgan fingerprint density at radius 2 is 1.81 bits per heavy atom. The molecule has 1 spiro atoms. The summed E-state index contributed by atoms with van der Waals surface area (Å²) >= 11 is 0. The Morgan fingerprint density at radius 3 is 2.50 bits per heavy atom. The SMILES string of the molecule is CCOCC(=O)N1CC(CCC(=O)N2CCOCC2)C2(CCCCC2)C1. The molecular formula is C20H34N2O4. The average molecular weight is 367 g/mol. The molecule has 0 aromatic heterocycles. The van der Waals surface area contributed by atoms with Gasteiger partial charge in [0.2, 0.25) is 11.8 Å². The highest BCUT2D eigenvalue weighted by molar-refractivity contribution is 5.78. The van der Waals surface area contributed by atoms with Crippen LogP contribution in [0.5, 0.6) is 0 Å². The van der Waals surface area contributed by atoms with Gasteiger partial charge in [0.15, 0.2) is 0 Å². The van der Waals surface area contributed by atoms with Crippen LogP contribution in [0.2, 0.25) is 0 Å². The van der Waals surface area contributed by atoms with E-state index in [0.29, 0.717) is 45.2 Å². The Hall–Kier alpha value is -1.14. The second-order valence-corrected chi connectivity index (χ2v) is 8.06. The zero-order valence-corrected chi connectivity index (χ0v) is 16.2. The third-order valence-corrected chi connectivity index (χ3v) is 6.51. The summed E-state index contributed by atoms with van der Waals surface area (Å²) in [6.45, 7) is 7.06. The van der Waals surface area contributed by atoms with E-state index in [0.717, 1.165) is 19.5 Å². The fraction of sp³-hybridized carbons (Fsp3) is 0.900. The summed E-state index contributed by atoms with van der Waals surface area (Å²) in [6, 6.07) is 0. The lowest BCUT2D eigenvalue weighted by Gasteiger charge is -2.38. The summed E-state index contributed by atoms with van der Waals surface area (Å²) in [4.78, 5) is 29.0. The Balaban J connectivity index is 1.59. The highest BCUT2D eigenvalue weighted by Gasteiger charge is 2.47. The lowest BCUT2D eigenvalue weighted by Crippen LogP contribution is -2.41. The first-order valence-corrected chi connectivity index (χ1v) is 10.4. The van der Waals surface area contributed by atoms with Crippen LogP contribution < -0.4 is 0 Å². The molecule has 2 aliphatic heterocycles. The molecule has 148 valence electrons. The molecule has 2 heterocycles. The summed E-state index contributed by atoms with van der Waals surface area (Å²) in [5, 5.41) is 0. The molecule has 0 bridgehead atoms. The van der Waals surface area contributed by atoms with E-state index in [1.807, 2.05) is 16.7 Å². The molecule has 6 nitrogen and oxygen atoms in total. The van der Waals surface area contributed by atoms with Crippen molar-refractivity contribution in [2.24, 2.45) is 11.3 Å². The van der Waals surface area contributed by atoms with Crippen molar-refractivity contribution < 1.29 is 19.1 Å². The first kappa shape index (κ1) is 19.6. The Bertz CT molecular complexity index is 484. The lowest BCUT2D eigenvalue weighted by molar-refractivity contribution is -0.136. The smallest absolute Gasteiger partial charge is 0.248 e. The van der Waals surface area contributed by atoms with Crippen molar-refractivity contribution in [2.45, 2.75) is 51.9 Å². The van der Waals surface area contributed by atoms with Crippen LogP contribution in [0.25, 0.3) is 0 Å². The molecule has 3 aliphatic rings. The monoisotopic (exact) mass is 366 g/mol. The van der Waals surface area contributed by atoms with Crippen LogP contribution in [0, 0.1) is 11.3 Å². The molecule has 2 saturated heterocycles. The van der Waals surface area contributed by atoms with E-state index in [9.17, 15) is 9.59 Å². The number of hydrogen-bond acceptors (Lipinski definition) is 4. The molecule has 0 N–H and O–H groups in total. The van der Waals surface area contributed by atoms with Crippen molar-refractivity contribution in [1.29, 1.82) is 0 Å². The lowest BCUT2D eigenvalue weighted by atomic mass is 9.66. The van der Waals surface area contributed by atoms with Gasteiger partial charge < -0.3 is 19.3 Å². The molecule has 6 heteroatoms. The maximum atomic E-state index is 12.6. The predicted octanol–water partition coefficient (Wildman–Crippen LogP) is 2.07. The van der Waals surface area contributed by atoms with Crippen molar-refractivity contribution in [3.63, 3.8) is 0 Å². The summed E-state index contributed by atoms with van der Waals surface area (Å²) in [5.74, 6) is 0.801. The van der Waals surface area contributed by atoms with Gasteiger partial charge in [0, 0.05) is 39.2 Å². The summed E-state index contributed by atoms with van der Waals surface area (Å²) in [7, 11) is 0. The second kappa shape index (κ2) is 9.18. The van der Waals surface area contributed by atoms with Crippen molar-refractivity contribution in [3.8, 4) is 0 Å². The molecule has 1 unspecified atom stereocenters. The van der Waals surface area contributed by atoms with Gasteiger partial charge in [-0.2, -0.15) is 0 Å². The van der Waals surface area contributed by atoms with E-state index in [-0.39, 0.29) is 23.8 Å². The van der Waals surface area contributed by atoms with Gasteiger partial charge in [-0.05, 0) is 37.5 Å². The van der Waals surface area contributed by atoms with Crippen LogP contribution in [0.4, 0.5) is 0 Å². The Kier molecular flexibility index (Phi) is 6.92. The Morgan fingerprint density at radius 1 is 1.08 bits per heavy atom. The number of carbonyl (C=O) groups is 2. The zero-order valence-electron chi connectivity index (χ0n) is 16.2. The van der Waals surface area contributed by atoms with Gasteiger partial charge >= 0.3 is 0 Å². The minimum absolute atomic E-state index is 0.110. The van der Waals surface area contributed by atoms with E-state index in [1.54, 1.807) is 0 Å². The molecule has 1 atom stereocenters. The van der Waals surface area contributed by atoms with Crippen molar-refractivity contribution >= 4 is 11.8 Å². The molecule has 0 aromatic rings. The first-order valence-electron chi connectivity index (χ1n) is 10.4. The highest BCUT2D eigenvalue weighted by atomic mass is 16.5. The number of amides is 2. The number of nitrogens with zero attached hydrogens (tertiary/aromatic N) is 2. The standard InChI is InChI=1S/C20H34N2O4/c1-2-25-15-19(24)22-14-17(20(16-22)8-4-3-5-9-20)6-7-18(23)21-10-12-26-13-11-21/h17H,2-16H2,1H3. The molecular weight excluding hydrogens is 332 g/mol. The van der Waals surface area contributed by atoms with E-state index in [2.05, 4.69) is 0 Å². The van der Waals surface area contributed by atoms with E-state index < -0.39 is 0 Å². The number of morpholine rings is 1. The molecule has 0 radical (unpaired) electrons. The van der Waals surface area contributed by atoms with E-state index >= 15 is 0 Å². The largest absolute Gasteiger partial charge is 0.378 e. The quantitative estimate of drug-likeness (QED) is 0.722. The molecule has 3 fully saturated rings. The molecule has 1 saturated carbocycles. The van der Waals surface area contributed by atoms with Gasteiger partial charge in [-0.3, -0.25) is 9.59 Å². The topological polar surface area (TPSA) is 59.1 Å². The average Bonchev–Trinajstić information content (AvgIpc) is 3.03. The van der Waals surface area contributed by atoms with Gasteiger partial charge in [0.1, 0.15) is 6.61 Å². The number of likely N-dealkylation sites (tertiary alicyclic amines) is 1. The zero-order chi connectivity index (χ0) is 18.4. The van der Waals surface area contributed by atoms with Crippen LogP contribution in [0.15, 0.2) is 0 Å². The third-order valence-electron chi connectivity index (χ3n) is 6.51. The van der Waals surface area contributed by atoms with E-state index in [1.165, 1.54) is 32.1 Å². The van der Waals surface area contributed by atoms with Gasteiger partial charge in [0.25, 0.3) is 0 Å². The molecule has 3 rings (SSSR count). The van der Waals surface area contributed by atoms with Gasteiger partial charge in [-0.15, -0.1) is 0 Å². The number of hydrogen-bond donors (Lipinski definition) is 0. The van der Waals surface area contributed by atoms with Crippen molar-refractivity contribution in [3.05, 3.63) is 0 Å². The van der Waals surface area contributed by atoms with Crippen LogP contribution in [0.3, 0.4) is 0 Å². The number of ether oxygens (including phenoxy) is 2. The fourth-order valence-corrected chi connectivity index (χ4v) is 4.99. The van der Waals surface area contributed by atoms with Crippen LogP contribution in [-0.4, -0.2) is 74.2 Å². The summed E-state index contributed by atoms with van der Waals surface area (Å²) in [6.07, 6.45) is 7.69. The fourth-order valence-electron chi connectivity index (χ4n) is 4.99. The van der Waals surface area contributed by atoms with Crippen molar-refractivity contribution in [1.82, 2.24) is 9.80 Å². The Labute approximate surface area is 157 Å². The minimum Gasteiger partial charge on any atom is -0.378 e. The van der Waals surface area contributed by atoms with Gasteiger partial charge in [-0.1, -0.05) is 19.3 Å². The van der Waals surface area contributed by atoms with Crippen LogP contribution in [-0.2, 0) is 19.1 Å². The predicted molar refractivity (Wildman–Crippen MR) is 98.7 cm³/mol.